The fourth-order valence-corrected chi connectivity index (χ4v) is 22.0. The molecule has 2 unspecified atom stereocenters. The molecule has 4 rings (SSSR count). The van der Waals surface area contributed by atoms with Gasteiger partial charge in [0.25, 0.3) is 0 Å². The second-order valence-corrected chi connectivity index (χ2v) is 25.7. The van der Waals surface area contributed by atoms with Crippen molar-refractivity contribution in [3.63, 3.8) is 0 Å². The summed E-state index contributed by atoms with van der Waals surface area (Å²) in [6.45, 7) is 13.1. The van der Waals surface area contributed by atoms with Crippen LogP contribution in [-0.4, -0.2) is 13.9 Å². The molecule has 0 fully saturated rings. The molecule has 0 saturated carbocycles. The molecule has 0 aromatic heterocycles. The summed E-state index contributed by atoms with van der Waals surface area (Å²) < 4.78 is 6.10. The molecule has 0 radical (unpaired) electrons. The van der Waals surface area contributed by atoms with Crippen LogP contribution in [0.25, 0.3) is 11.1 Å². The number of hydrogen-bond acceptors (Lipinski definition) is 1. The third-order valence-electron chi connectivity index (χ3n) is 8.56. The van der Waals surface area contributed by atoms with Crippen molar-refractivity contribution in [1.29, 1.82) is 0 Å². The van der Waals surface area contributed by atoms with Crippen LogP contribution in [0.2, 0.25) is 5.23 Å². The first-order valence-electron chi connectivity index (χ1n) is 15.2. The summed E-state index contributed by atoms with van der Waals surface area (Å²) >= 11 is -2.24. The van der Waals surface area contributed by atoms with Gasteiger partial charge < -0.3 is 0 Å². The summed E-state index contributed by atoms with van der Waals surface area (Å²) in [7, 11) is -0.288. The monoisotopic (exact) mass is 573 g/mol. The van der Waals surface area contributed by atoms with Crippen LogP contribution in [0.4, 0.5) is 0 Å². The normalized spacial score (nSPS) is 16.9. The van der Waals surface area contributed by atoms with Crippen LogP contribution in [0.3, 0.4) is 0 Å². The summed E-state index contributed by atoms with van der Waals surface area (Å²) in [6.07, 6.45) is 8.30. The summed E-state index contributed by atoms with van der Waals surface area (Å²) in [5.74, 6) is 0.656. The molecule has 3 aromatic carbocycles. The average Bonchev–Trinajstić information content (AvgIpc) is 3.17. The van der Waals surface area contributed by atoms with E-state index in [1.54, 1.807) is 21.9 Å². The Balaban J connectivity index is 0.000000289. The smallest absolute Gasteiger partial charge is 0.0184 e. The number of rotatable bonds is 12. The molecular formula is C36H51NSiTi. The van der Waals surface area contributed by atoms with E-state index in [1.165, 1.54) is 56.2 Å². The second-order valence-electron chi connectivity index (χ2n) is 11.5. The van der Waals surface area contributed by atoms with E-state index in [1.807, 2.05) is 16.0 Å². The minimum absolute atomic E-state index is 0.288. The molecule has 0 amide bonds. The molecule has 0 aliphatic heterocycles. The SMILES string of the molecule is CCCCCCCC[NH][Ti]([CH3])([SiH2]c1ccccc1)[C]1=C(C)C(C)=C(C)C1C.c1ccc(-c2ccccc2)cc1. The zero-order valence-corrected chi connectivity index (χ0v) is 28.4. The minimum Gasteiger partial charge on any atom is -0.0622 e. The standard InChI is InChI=1S/C12H10.C9H13.C8H18N.C6H7Si.CH3.Ti/c1-3-7-11(8-4-1)12-9-5-2-6-10-12;1-6-5-7(2)9(4)8(6)3;1-2-3-4-5-6-7-8-9;7-6-4-2-1-3-5-6;;/h1-10H;6H,1-4H3;9H,2-8H2,1H3;1-5H,7H2;1H3;/q;;-1;;;+1. The van der Waals surface area contributed by atoms with Gasteiger partial charge in [0.2, 0.25) is 0 Å². The summed E-state index contributed by atoms with van der Waals surface area (Å²) in [4.78, 5) is 0. The Bertz CT molecular complexity index is 1150. The Labute approximate surface area is 244 Å². The first kappa shape index (κ1) is 31.6. The molecule has 2 atom stereocenters. The number of unbranched alkanes of at least 4 members (excludes halogenated alkanes) is 5. The molecular weight excluding hydrogens is 522 g/mol. The topological polar surface area (TPSA) is 12.0 Å². The van der Waals surface area contributed by atoms with Crippen molar-refractivity contribution in [2.75, 3.05) is 6.54 Å². The number of allylic oxidation sites excluding steroid dienone is 4. The van der Waals surface area contributed by atoms with Crippen LogP contribution in [0.5, 0.6) is 0 Å². The Morgan fingerprint density at radius 1 is 0.667 bits per heavy atom. The van der Waals surface area contributed by atoms with E-state index >= 15 is 0 Å². The van der Waals surface area contributed by atoms with E-state index in [0.717, 1.165) is 0 Å². The summed E-state index contributed by atoms with van der Waals surface area (Å²) in [6, 6.07) is 32.2. The average molecular weight is 574 g/mol. The van der Waals surface area contributed by atoms with Gasteiger partial charge in [0, 0.05) is 0 Å². The van der Waals surface area contributed by atoms with Crippen molar-refractivity contribution in [2.45, 2.75) is 78.4 Å². The molecule has 0 spiro atoms. The van der Waals surface area contributed by atoms with E-state index in [4.69, 9.17) is 0 Å². The quantitative estimate of drug-likeness (QED) is 0.168. The van der Waals surface area contributed by atoms with Crippen LogP contribution in [0, 0.1) is 5.92 Å². The van der Waals surface area contributed by atoms with E-state index in [0.29, 0.717) is 5.92 Å². The molecule has 3 heteroatoms. The van der Waals surface area contributed by atoms with Gasteiger partial charge in [0.1, 0.15) is 0 Å². The zero-order chi connectivity index (χ0) is 28.1. The van der Waals surface area contributed by atoms with Gasteiger partial charge in [-0.05, 0) is 11.1 Å². The molecule has 1 aliphatic rings. The molecule has 1 nitrogen and oxygen atoms in total. The molecule has 208 valence electrons. The second kappa shape index (κ2) is 16.3. The largest absolute Gasteiger partial charge is 0.0622 e. The van der Waals surface area contributed by atoms with Gasteiger partial charge >= 0.3 is 174 Å². The van der Waals surface area contributed by atoms with Crippen molar-refractivity contribution >= 4 is 12.6 Å². The number of benzene rings is 3. The Morgan fingerprint density at radius 3 is 1.64 bits per heavy atom. The van der Waals surface area contributed by atoms with Gasteiger partial charge in [-0.25, -0.2) is 0 Å². The van der Waals surface area contributed by atoms with Crippen LogP contribution in [0.15, 0.2) is 112 Å². The Morgan fingerprint density at radius 2 is 1.15 bits per heavy atom. The maximum atomic E-state index is 4.24. The van der Waals surface area contributed by atoms with Gasteiger partial charge in [-0.3, -0.25) is 0 Å². The van der Waals surface area contributed by atoms with Crippen LogP contribution >= 0.6 is 0 Å². The predicted molar refractivity (Wildman–Crippen MR) is 174 cm³/mol. The van der Waals surface area contributed by atoms with E-state index in [2.05, 4.69) is 123 Å². The zero-order valence-electron chi connectivity index (χ0n) is 25.4. The van der Waals surface area contributed by atoms with E-state index in [-0.39, 0.29) is 7.39 Å². The van der Waals surface area contributed by atoms with Gasteiger partial charge in [-0.15, -0.1) is 0 Å². The number of hydrogen-bond donors (Lipinski definition) is 1. The fourth-order valence-electron chi connectivity index (χ4n) is 6.04. The molecule has 3 aromatic rings. The van der Waals surface area contributed by atoms with Crippen molar-refractivity contribution < 1.29 is 16.1 Å². The Hall–Kier alpha value is -1.97. The molecule has 0 bridgehead atoms. The molecule has 0 saturated heterocycles. The van der Waals surface area contributed by atoms with Crippen molar-refractivity contribution in [1.82, 2.24) is 3.80 Å². The fraction of sp³-hybridized carbons (Fsp3) is 0.389. The summed E-state index contributed by atoms with van der Waals surface area (Å²) in [5, 5.41) is 4.32. The predicted octanol–water partition coefficient (Wildman–Crippen LogP) is 9.08. The van der Waals surface area contributed by atoms with Crippen LogP contribution < -0.4 is 8.99 Å². The van der Waals surface area contributed by atoms with Crippen LogP contribution in [-0.2, 0) is 16.1 Å². The summed E-state index contributed by atoms with van der Waals surface area (Å²) in [5.41, 5.74) is 7.36. The molecule has 39 heavy (non-hydrogen) atoms. The third-order valence-corrected chi connectivity index (χ3v) is 22.7. The van der Waals surface area contributed by atoms with Gasteiger partial charge in [-0.2, -0.15) is 0 Å². The van der Waals surface area contributed by atoms with Crippen LogP contribution in [0.1, 0.15) is 73.1 Å². The Kier molecular flexibility index (Phi) is 13.2. The van der Waals surface area contributed by atoms with Crippen molar-refractivity contribution in [3.05, 3.63) is 112 Å². The first-order valence-corrected chi connectivity index (χ1v) is 23.0. The molecule has 1 N–H and O–H groups in total. The first-order chi connectivity index (χ1) is 18.9. The maximum Gasteiger partial charge on any atom is -0.0184 e. The van der Waals surface area contributed by atoms with E-state index < -0.39 is 16.1 Å². The van der Waals surface area contributed by atoms with Gasteiger partial charge in [0.05, 0.1) is 0 Å². The third kappa shape index (κ3) is 9.29. The maximum absolute atomic E-state index is 4.24. The van der Waals surface area contributed by atoms with E-state index in [9.17, 15) is 0 Å². The van der Waals surface area contributed by atoms with Gasteiger partial charge in [-0.1, -0.05) is 60.7 Å². The molecule has 0 heterocycles. The van der Waals surface area contributed by atoms with Crippen molar-refractivity contribution in [3.8, 4) is 11.1 Å². The number of nitrogens with one attached hydrogen (secondary N) is 1. The van der Waals surface area contributed by atoms with Crippen molar-refractivity contribution in [2.24, 2.45) is 5.92 Å². The van der Waals surface area contributed by atoms with Gasteiger partial charge in [0.15, 0.2) is 0 Å². The minimum atomic E-state index is -2.24. The molecule has 1 aliphatic carbocycles.